The van der Waals surface area contributed by atoms with Crippen molar-refractivity contribution in [1.82, 2.24) is 10.2 Å². The number of amides is 1. The molecule has 2 atom stereocenters. The van der Waals surface area contributed by atoms with E-state index in [1.54, 1.807) is 13.1 Å². The zero-order chi connectivity index (χ0) is 18.0. The van der Waals surface area contributed by atoms with Crippen molar-refractivity contribution >= 4 is 29.3 Å². The van der Waals surface area contributed by atoms with E-state index >= 15 is 0 Å². The van der Waals surface area contributed by atoms with Crippen LogP contribution in [0.4, 0.5) is 4.79 Å². The second kappa shape index (κ2) is 7.24. The number of rotatable bonds is 4. The van der Waals surface area contributed by atoms with E-state index in [-0.39, 0.29) is 5.92 Å². The zero-order valence-electron chi connectivity index (χ0n) is 13.9. The number of benzene rings is 2. The van der Waals surface area contributed by atoms with Crippen LogP contribution in [0.15, 0.2) is 48.5 Å². The summed E-state index contributed by atoms with van der Waals surface area (Å²) in [5, 5.41) is 14.1. The Kier molecular flexibility index (Phi) is 5.23. The van der Waals surface area contributed by atoms with Crippen molar-refractivity contribution in [1.29, 1.82) is 0 Å². The smallest absolute Gasteiger partial charge is 0.407 e. The lowest BCUT2D eigenvalue weighted by molar-refractivity contribution is 0.0930. The molecular formula is C19H20Cl2N2O2. The van der Waals surface area contributed by atoms with Crippen LogP contribution in [0.2, 0.25) is 10.0 Å². The number of likely N-dealkylation sites (N-methyl/N-ethyl adjacent to an activating group) is 1. The quantitative estimate of drug-likeness (QED) is 0.834. The molecular weight excluding hydrogens is 359 g/mol. The first-order chi connectivity index (χ1) is 11.9. The topological polar surface area (TPSA) is 52.6 Å². The molecule has 1 fully saturated rings. The molecule has 0 unspecified atom stereocenters. The van der Waals surface area contributed by atoms with Gasteiger partial charge in [-0.1, -0.05) is 59.6 Å². The van der Waals surface area contributed by atoms with Crippen LogP contribution >= 0.6 is 23.2 Å². The molecule has 1 saturated heterocycles. The molecule has 1 heterocycles. The van der Waals surface area contributed by atoms with Crippen LogP contribution in [0.3, 0.4) is 0 Å². The molecule has 1 aliphatic rings. The second-order valence-electron chi connectivity index (χ2n) is 6.46. The van der Waals surface area contributed by atoms with E-state index in [1.165, 1.54) is 4.90 Å². The molecule has 2 aromatic carbocycles. The lowest BCUT2D eigenvalue weighted by Gasteiger charge is -2.42. The van der Waals surface area contributed by atoms with Gasteiger partial charge in [0.05, 0.1) is 15.6 Å². The average Bonchev–Trinajstić information content (AvgIpc) is 3.02. The van der Waals surface area contributed by atoms with E-state index in [4.69, 9.17) is 23.2 Å². The minimum absolute atomic E-state index is 0.0245. The van der Waals surface area contributed by atoms with Crippen LogP contribution in [-0.2, 0) is 6.42 Å². The van der Waals surface area contributed by atoms with Crippen molar-refractivity contribution in [3.63, 3.8) is 0 Å². The summed E-state index contributed by atoms with van der Waals surface area (Å²) >= 11 is 12.3. The fourth-order valence-electron chi connectivity index (χ4n) is 3.70. The summed E-state index contributed by atoms with van der Waals surface area (Å²) in [5.41, 5.74) is 1.50. The molecule has 0 bridgehead atoms. The highest BCUT2D eigenvalue weighted by Gasteiger charge is 2.48. The summed E-state index contributed by atoms with van der Waals surface area (Å²) in [6, 6.07) is 15.5. The van der Waals surface area contributed by atoms with Crippen LogP contribution < -0.4 is 5.32 Å². The Hall–Kier alpha value is -1.75. The van der Waals surface area contributed by atoms with Crippen LogP contribution in [0.25, 0.3) is 0 Å². The highest BCUT2D eigenvalue weighted by Crippen LogP contribution is 2.40. The summed E-state index contributed by atoms with van der Waals surface area (Å²) in [4.78, 5) is 13.3. The molecule has 0 radical (unpaired) electrons. The SMILES string of the molecule is CN(C(=O)O)[C@]1(Cc2ccccc2)CNC[C@H]1c1ccc(Cl)c(Cl)c1. The van der Waals surface area contributed by atoms with E-state index in [0.29, 0.717) is 29.6 Å². The normalized spacial score (nSPS) is 22.8. The van der Waals surface area contributed by atoms with Crippen LogP contribution in [0.5, 0.6) is 0 Å². The van der Waals surface area contributed by atoms with Crippen molar-refractivity contribution in [3.8, 4) is 0 Å². The number of carboxylic acid groups (broad SMARTS) is 1. The fraction of sp³-hybridized carbons (Fsp3) is 0.316. The molecule has 1 amide bonds. The highest BCUT2D eigenvalue weighted by atomic mass is 35.5. The highest BCUT2D eigenvalue weighted by molar-refractivity contribution is 6.42. The van der Waals surface area contributed by atoms with E-state index in [0.717, 1.165) is 11.1 Å². The zero-order valence-corrected chi connectivity index (χ0v) is 15.4. The molecule has 2 N–H and O–H groups in total. The van der Waals surface area contributed by atoms with Gasteiger partial charge in [0.25, 0.3) is 0 Å². The van der Waals surface area contributed by atoms with Gasteiger partial charge in [-0.15, -0.1) is 0 Å². The standard InChI is InChI=1S/C19H20Cl2N2O2/c1-23(18(24)25)19(10-13-5-3-2-4-6-13)12-22-11-15(19)14-7-8-16(20)17(21)9-14/h2-9,15,22H,10-12H2,1H3,(H,24,25)/t15-,19+/m0/s1. The van der Waals surface area contributed by atoms with Crippen molar-refractivity contribution in [3.05, 3.63) is 69.7 Å². The summed E-state index contributed by atoms with van der Waals surface area (Å²) in [6.45, 7) is 1.26. The Morgan fingerprint density at radius 2 is 1.96 bits per heavy atom. The van der Waals surface area contributed by atoms with Gasteiger partial charge < -0.3 is 15.3 Å². The molecule has 4 nitrogen and oxygen atoms in total. The Morgan fingerprint density at radius 3 is 2.60 bits per heavy atom. The van der Waals surface area contributed by atoms with Gasteiger partial charge in [0.2, 0.25) is 0 Å². The molecule has 6 heteroatoms. The molecule has 3 rings (SSSR count). The van der Waals surface area contributed by atoms with E-state index in [2.05, 4.69) is 5.32 Å². The van der Waals surface area contributed by atoms with Crippen LogP contribution in [0, 0.1) is 0 Å². The lowest BCUT2D eigenvalue weighted by atomic mass is 9.76. The van der Waals surface area contributed by atoms with Gasteiger partial charge in [0.15, 0.2) is 0 Å². The first-order valence-corrected chi connectivity index (χ1v) is 8.86. The molecule has 1 aliphatic heterocycles. The number of nitrogens with one attached hydrogen (secondary N) is 1. The summed E-state index contributed by atoms with van der Waals surface area (Å²) in [6.07, 6.45) is -0.321. The molecule has 132 valence electrons. The van der Waals surface area contributed by atoms with E-state index < -0.39 is 11.6 Å². The van der Waals surface area contributed by atoms with Crippen molar-refractivity contribution < 1.29 is 9.90 Å². The lowest BCUT2D eigenvalue weighted by Crippen LogP contribution is -2.55. The Labute approximate surface area is 157 Å². The van der Waals surface area contributed by atoms with Gasteiger partial charge >= 0.3 is 6.09 Å². The fourth-order valence-corrected chi connectivity index (χ4v) is 4.01. The Bertz CT molecular complexity index is 769. The maximum absolute atomic E-state index is 11.8. The molecule has 0 saturated carbocycles. The van der Waals surface area contributed by atoms with Gasteiger partial charge in [-0.3, -0.25) is 0 Å². The maximum Gasteiger partial charge on any atom is 0.407 e. The Balaban J connectivity index is 2.05. The third-order valence-electron chi connectivity index (χ3n) is 5.08. The molecule has 0 spiro atoms. The molecule has 0 aromatic heterocycles. The van der Waals surface area contributed by atoms with Crippen LogP contribution in [-0.4, -0.2) is 41.8 Å². The van der Waals surface area contributed by atoms with Crippen molar-refractivity contribution in [2.24, 2.45) is 0 Å². The number of hydrogen-bond acceptors (Lipinski definition) is 2. The molecule has 25 heavy (non-hydrogen) atoms. The molecule has 2 aromatic rings. The Morgan fingerprint density at radius 1 is 1.24 bits per heavy atom. The summed E-state index contributed by atoms with van der Waals surface area (Å²) in [7, 11) is 1.64. The van der Waals surface area contributed by atoms with E-state index in [1.807, 2.05) is 42.5 Å². The largest absolute Gasteiger partial charge is 0.465 e. The van der Waals surface area contributed by atoms with Gasteiger partial charge in [0.1, 0.15) is 0 Å². The number of hydrogen-bond donors (Lipinski definition) is 2. The summed E-state index contributed by atoms with van der Waals surface area (Å²) < 4.78 is 0. The van der Waals surface area contributed by atoms with Gasteiger partial charge in [-0.2, -0.15) is 0 Å². The monoisotopic (exact) mass is 378 g/mol. The predicted molar refractivity (Wildman–Crippen MR) is 101 cm³/mol. The minimum Gasteiger partial charge on any atom is -0.465 e. The number of carbonyl (C=O) groups is 1. The number of nitrogens with zero attached hydrogens (tertiary/aromatic N) is 1. The van der Waals surface area contributed by atoms with Crippen molar-refractivity contribution in [2.45, 2.75) is 17.9 Å². The third-order valence-corrected chi connectivity index (χ3v) is 5.82. The van der Waals surface area contributed by atoms with Gasteiger partial charge in [-0.05, 0) is 29.7 Å². The number of halogens is 2. The first kappa shape index (κ1) is 18.1. The minimum atomic E-state index is -0.940. The van der Waals surface area contributed by atoms with Gasteiger partial charge in [0, 0.05) is 26.1 Å². The van der Waals surface area contributed by atoms with Crippen molar-refractivity contribution in [2.75, 3.05) is 20.1 Å². The maximum atomic E-state index is 11.8. The third kappa shape index (κ3) is 3.47. The average molecular weight is 379 g/mol. The molecule has 0 aliphatic carbocycles. The van der Waals surface area contributed by atoms with Crippen LogP contribution in [0.1, 0.15) is 17.0 Å². The van der Waals surface area contributed by atoms with E-state index in [9.17, 15) is 9.90 Å². The second-order valence-corrected chi connectivity index (χ2v) is 7.28. The first-order valence-electron chi connectivity index (χ1n) is 8.10. The van der Waals surface area contributed by atoms with Gasteiger partial charge in [-0.25, -0.2) is 4.79 Å². The predicted octanol–water partition coefficient (Wildman–Crippen LogP) is 4.27. The summed E-state index contributed by atoms with van der Waals surface area (Å²) in [5.74, 6) is -0.0245.